The maximum absolute atomic E-state index is 2.90. The average Bonchev–Trinajstić information content (AvgIpc) is 2.91. The highest BCUT2D eigenvalue weighted by Crippen LogP contribution is 2.29. The molecule has 0 aliphatic heterocycles. The second kappa shape index (κ2) is 15.8. The lowest BCUT2D eigenvalue weighted by atomic mass is 9.88. The monoisotopic (exact) mass is 624 g/mol. The molecule has 0 heterocycles. The zero-order chi connectivity index (χ0) is 33.1. The van der Waals surface area contributed by atoms with E-state index in [-0.39, 0.29) is 0 Å². The molecule has 0 aliphatic carbocycles. The van der Waals surface area contributed by atoms with Crippen molar-refractivity contribution in [3.8, 4) is 0 Å². The Bertz CT molecular complexity index is 1170. The molecule has 0 amide bonds. The molecule has 3 atom stereocenters. The van der Waals surface area contributed by atoms with E-state index in [2.05, 4.69) is 152 Å². The third-order valence-electron chi connectivity index (χ3n) is 10.00. The third kappa shape index (κ3) is 8.15. The highest BCUT2D eigenvalue weighted by molar-refractivity contribution is 7.28. The van der Waals surface area contributed by atoms with Crippen LogP contribution in [0, 0.1) is 83.1 Å². The summed E-state index contributed by atoms with van der Waals surface area (Å²) < 4.78 is 0. The van der Waals surface area contributed by atoms with Crippen LogP contribution in [0.3, 0.4) is 0 Å². The van der Waals surface area contributed by atoms with Gasteiger partial charge in [0.1, 0.15) is 0 Å². The van der Waals surface area contributed by atoms with Gasteiger partial charge in [0.15, 0.2) is 0 Å². The van der Waals surface area contributed by atoms with E-state index in [0.717, 1.165) is 0 Å². The summed E-state index contributed by atoms with van der Waals surface area (Å²) in [5, 5.41) is 4.17. The molecular formula is C39H63P3. The van der Waals surface area contributed by atoms with E-state index in [1.165, 1.54) is 99.4 Å². The Hall–Kier alpha value is -1.05. The van der Waals surface area contributed by atoms with Gasteiger partial charge in [-0.25, -0.2) is 0 Å². The van der Waals surface area contributed by atoms with E-state index < -0.39 is 0 Å². The van der Waals surface area contributed by atoms with Gasteiger partial charge >= 0.3 is 0 Å². The van der Waals surface area contributed by atoms with Crippen LogP contribution in [0.15, 0.2) is 0 Å². The first-order valence-corrected chi connectivity index (χ1v) is 17.4. The van der Waals surface area contributed by atoms with Gasteiger partial charge in [-0.1, -0.05) is 41.5 Å². The van der Waals surface area contributed by atoms with E-state index in [1.807, 2.05) is 0 Å². The summed E-state index contributed by atoms with van der Waals surface area (Å²) in [4.78, 5) is 0. The van der Waals surface area contributed by atoms with Gasteiger partial charge in [0.25, 0.3) is 0 Å². The molecule has 0 N–H and O–H groups in total. The molecule has 3 unspecified atom stereocenters. The van der Waals surface area contributed by atoms with E-state index in [0.29, 0.717) is 17.8 Å². The van der Waals surface area contributed by atoms with Gasteiger partial charge in [-0.3, -0.25) is 0 Å². The summed E-state index contributed by atoms with van der Waals surface area (Å²) in [6, 6.07) is 0. The summed E-state index contributed by atoms with van der Waals surface area (Å²) >= 11 is 0. The predicted octanol–water partition coefficient (Wildman–Crippen LogP) is 10.6. The first-order chi connectivity index (χ1) is 19.1. The summed E-state index contributed by atoms with van der Waals surface area (Å²) in [5.41, 5.74) is 22.0. The van der Waals surface area contributed by atoms with Gasteiger partial charge in [0.2, 0.25) is 0 Å². The van der Waals surface area contributed by atoms with Crippen LogP contribution in [0.2, 0.25) is 0 Å². The summed E-state index contributed by atoms with van der Waals surface area (Å²) in [7, 11) is 8.65. The molecule has 0 saturated carbocycles. The van der Waals surface area contributed by atoms with Gasteiger partial charge < -0.3 is 0 Å². The highest BCUT2D eigenvalue weighted by Gasteiger charge is 2.16. The van der Waals surface area contributed by atoms with Crippen LogP contribution in [0.4, 0.5) is 0 Å². The standard InChI is InChI=1S/3C13H21P/c1-7(2)12-8(3)10(5)13(14)11(6)9(12)4;1-7(2)12-9(4)8(3)10(5)13(14)11(12)6;1-7(2)12-10(5)8(3)9(4)11(6)13(12)14/h3*7H,14H2,1-6H3. The van der Waals surface area contributed by atoms with Crippen LogP contribution in [-0.4, -0.2) is 0 Å². The van der Waals surface area contributed by atoms with E-state index in [1.54, 1.807) is 0 Å². The molecule has 42 heavy (non-hydrogen) atoms. The number of benzene rings is 3. The molecule has 0 spiro atoms. The fourth-order valence-corrected chi connectivity index (χ4v) is 8.18. The lowest BCUT2D eigenvalue weighted by molar-refractivity contribution is 0.841. The molecule has 234 valence electrons. The Kier molecular flexibility index (Phi) is 14.7. The van der Waals surface area contributed by atoms with Crippen molar-refractivity contribution in [1.29, 1.82) is 0 Å². The molecule has 0 saturated heterocycles. The minimum absolute atomic E-state index is 0.612. The smallest absolute Gasteiger partial charge is 0.0210 e. The van der Waals surface area contributed by atoms with Crippen molar-refractivity contribution in [3.05, 3.63) is 83.5 Å². The van der Waals surface area contributed by atoms with Crippen LogP contribution in [0.1, 0.15) is 143 Å². The van der Waals surface area contributed by atoms with Gasteiger partial charge in [-0.05, 0) is 200 Å². The zero-order valence-corrected chi connectivity index (χ0v) is 33.9. The molecular weight excluding hydrogens is 561 g/mol. The minimum atomic E-state index is 0.612. The average molecular weight is 625 g/mol. The molecule has 0 fully saturated rings. The molecule has 3 aromatic rings. The molecule has 0 radical (unpaired) electrons. The predicted molar refractivity (Wildman–Crippen MR) is 206 cm³/mol. The molecule has 0 aliphatic rings. The molecule has 0 nitrogen and oxygen atoms in total. The van der Waals surface area contributed by atoms with E-state index >= 15 is 0 Å². The van der Waals surface area contributed by atoms with Crippen molar-refractivity contribution >= 4 is 43.6 Å². The van der Waals surface area contributed by atoms with E-state index in [4.69, 9.17) is 0 Å². The Labute approximate surface area is 268 Å². The van der Waals surface area contributed by atoms with Gasteiger partial charge in [0, 0.05) is 0 Å². The molecule has 0 aromatic heterocycles. The normalized spacial score (nSPS) is 11.1. The fraction of sp³-hybridized carbons (Fsp3) is 0.538. The van der Waals surface area contributed by atoms with Crippen molar-refractivity contribution in [2.75, 3.05) is 0 Å². The van der Waals surface area contributed by atoms with Crippen molar-refractivity contribution in [2.45, 2.75) is 142 Å². The summed E-state index contributed by atoms with van der Waals surface area (Å²) in [5.74, 6) is 1.85. The van der Waals surface area contributed by atoms with Gasteiger partial charge in [-0.15, -0.1) is 27.7 Å². The Morgan fingerprint density at radius 3 is 0.857 bits per heavy atom. The first-order valence-electron chi connectivity index (χ1n) is 15.7. The van der Waals surface area contributed by atoms with Gasteiger partial charge in [0.05, 0.1) is 0 Å². The maximum Gasteiger partial charge on any atom is -0.0210 e. The number of hydrogen-bond donors (Lipinski definition) is 0. The lowest BCUT2D eigenvalue weighted by Gasteiger charge is -2.20. The first kappa shape index (κ1) is 39.0. The van der Waals surface area contributed by atoms with Crippen LogP contribution >= 0.6 is 27.7 Å². The molecule has 3 rings (SSSR count). The number of hydrogen-bond acceptors (Lipinski definition) is 0. The van der Waals surface area contributed by atoms with Crippen molar-refractivity contribution < 1.29 is 0 Å². The van der Waals surface area contributed by atoms with Crippen molar-refractivity contribution in [2.24, 2.45) is 0 Å². The Balaban J connectivity index is 0.000000315. The van der Waals surface area contributed by atoms with Crippen molar-refractivity contribution in [3.63, 3.8) is 0 Å². The summed E-state index contributed by atoms with van der Waals surface area (Å²) in [6.07, 6.45) is 0. The lowest BCUT2D eigenvalue weighted by Crippen LogP contribution is -2.14. The SMILES string of the molecule is Cc1c(C)c(C(C)C)c(C)c(C)c1P.Cc1c(C)c(C)c(C(C)C)c(P)c1C.Cc1c(C)c(P)c(C)c(C(C)C)c1C. The van der Waals surface area contributed by atoms with E-state index in [9.17, 15) is 0 Å². The second-order valence-corrected chi connectivity index (χ2v) is 15.2. The quantitative estimate of drug-likeness (QED) is 0.254. The molecule has 3 aromatic carbocycles. The van der Waals surface area contributed by atoms with Crippen LogP contribution in [-0.2, 0) is 0 Å². The van der Waals surface area contributed by atoms with Crippen LogP contribution in [0.25, 0.3) is 0 Å². The largest absolute Gasteiger partial charge is 0.105 e. The van der Waals surface area contributed by atoms with Crippen LogP contribution in [0.5, 0.6) is 0 Å². The Morgan fingerprint density at radius 2 is 0.476 bits per heavy atom. The summed E-state index contributed by atoms with van der Waals surface area (Å²) in [6.45, 7) is 40.4. The van der Waals surface area contributed by atoms with Crippen molar-refractivity contribution in [1.82, 2.24) is 0 Å². The Morgan fingerprint density at radius 1 is 0.262 bits per heavy atom. The molecule has 0 bridgehead atoms. The zero-order valence-electron chi connectivity index (χ0n) is 30.5. The highest BCUT2D eigenvalue weighted by atomic mass is 31.0. The molecule has 3 heteroatoms. The van der Waals surface area contributed by atoms with Gasteiger partial charge in [-0.2, -0.15) is 0 Å². The topological polar surface area (TPSA) is 0 Å². The van der Waals surface area contributed by atoms with Crippen LogP contribution < -0.4 is 15.9 Å². The fourth-order valence-electron chi connectivity index (χ4n) is 6.61. The number of rotatable bonds is 3. The third-order valence-corrected chi connectivity index (χ3v) is 12.5. The second-order valence-electron chi connectivity index (χ2n) is 13.4. The maximum atomic E-state index is 2.90. The minimum Gasteiger partial charge on any atom is -0.105 e.